The molecule has 0 saturated carbocycles. The monoisotopic (exact) mass is 205 g/mol. The molecule has 0 aliphatic carbocycles. The average Bonchev–Trinajstić information content (AvgIpc) is 2.10. The van der Waals surface area contributed by atoms with E-state index in [1.54, 1.807) is 7.05 Å². The number of hydrogen-bond acceptors (Lipinski definition) is 4. The Morgan fingerprint density at radius 2 is 2.31 bits per heavy atom. The zero-order valence-corrected chi connectivity index (χ0v) is 7.79. The molecule has 0 amide bonds. The van der Waals surface area contributed by atoms with Crippen molar-refractivity contribution in [3.63, 3.8) is 0 Å². The molecule has 1 heterocycles. The predicted molar refractivity (Wildman–Crippen MR) is 47.4 cm³/mol. The van der Waals surface area contributed by atoms with Gasteiger partial charge in [0.1, 0.15) is 6.33 Å². The molecule has 0 saturated heterocycles. The first-order valence-corrected chi connectivity index (χ1v) is 4.02. The summed E-state index contributed by atoms with van der Waals surface area (Å²) in [5.41, 5.74) is 0. The minimum atomic E-state index is -0.667. The van der Waals surface area contributed by atoms with E-state index < -0.39 is 5.82 Å². The summed E-state index contributed by atoms with van der Waals surface area (Å²) >= 11 is 5.44. The van der Waals surface area contributed by atoms with Gasteiger partial charge in [0, 0.05) is 13.6 Å². The molecule has 4 nitrogen and oxygen atoms in total. The largest absolute Gasteiger partial charge is 0.395 e. The fourth-order valence-electron chi connectivity index (χ4n) is 0.862. The molecule has 13 heavy (non-hydrogen) atoms. The van der Waals surface area contributed by atoms with Crippen LogP contribution in [0.2, 0.25) is 5.15 Å². The van der Waals surface area contributed by atoms with Crippen LogP contribution in [-0.2, 0) is 0 Å². The van der Waals surface area contributed by atoms with Gasteiger partial charge in [-0.1, -0.05) is 11.6 Å². The van der Waals surface area contributed by atoms with Crippen LogP contribution in [0.3, 0.4) is 0 Å². The molecular weight excluding hydrogens is 197 g/mol. The van der Waals surface area contributed by atoms with Gasteiger partial charge in [-0.25, -0.2) is 9.97 Å². The van der Waals surface area contributed by atoms with E-state index in [1.165, 1.54) is 11.2 Å². The van der Waals surface area contributed by atoms with Crippen LogP contribution in [0.1, 0.15) is 0 Å². The second-order valence-corrected chi connectivity index (χ2v) is 2.81. The highest BCUT2D eigenvalue weighted by molar-refractivity contribution is 6.29. The summed E-state index contributed by atoms with van der Waals surface area (Å²) in [4.78, 5) is 8.64. The molecule has 0 spiro atoms. The lowest BCUT2D eigenvalue weighted by Crippen LogP contribution is -2.23. The van der Waals surface area contributed by atoms with Gasteiger partial charge in [-0.05, 0) is 0 Å². The van der Waals surface area contributed by atoms with Crippen LogP contribution in [0, 0.1) is 5.82 Å². The predicted octanol–water partition coefficient (Wildman–Crippen LogP) is 0.698. The molecule has 0 bridgehead atoms. The number of aliphatic hydroxyl groups excluding tert-OH is 1. The summed E-state index contributed by atoms with van der Waals surface area (Å²) in [6, 6.07) is 0. The van der Waals surface area contributed by atoms with Crippen molar-refractivity contribution in [3.05, 3.63) is 17.3 Å². The minimum absolute atomic E-state index is 0.0719. The smallest absolute Gasteiger partial charge is 0.202 e. The second kappa shape index (κ2) is 4.34. The van der Waals surface area contributed by atoms with Crippen LogP contribution < -0.4 is 4.90 Å². The van der Waals surface area contributed by atoms with Crippen molar-refractivity contribution in [3.8, 4) is 0 Å². The minimum Gasteiger partial charge on any atom is -0.395 e. The third kappa shape index (κ3) is 2.26. The van der Waals surface area contributed by atoms with Crippen LogP contribution in [-0.4, -0.2) is 35.3 Å². The Hall–Kier alpha value is -0.940. The van der Waals surface area contributed by atoms with Gasteiger partial charge in [-0.2, -0.15) is 4.39 Å². The Morgan fingerprint density at radius 1 is 1.62 bits per heavy atom. The topological polar surface area (TPSA) is 49.2 Å². The number of hydrogen-bond donors (Lipinski definition) is 1. The highest BCUT2D eigenvalue weighted by atomic mass is 35.5. The van der Waals surface area contributed by atoms with Gasteiger partial charge in [0.25, 0.3) is 0 Å². The van der Waals surface area contributed by atoms with Crippen molar-refractivity contribution >= 4 is 17.4 Å². The Balaban J connectivity index is 2.93. The first-order valence-electron chi connectivity index (χ1n) is 3.64. The van der Waals surface area contributed by atoms with Gasteiger partial charge in [-0.3, -0.25) is 0 Å². The second-order valence-electron chi connectivity index (χ2n) is 2.45. The zero-order valence-electron chi connectivity index (χ0n) is 7.04. The van der Waals surface area contributed by atoms with Gasteiger partial charge in [0.2, 0.25) is 5.82 Å². The molecule has 1 N–H and O–H groups in total. The summed E-state index contributed by atoms with van der Waals surface area (Å²) in [7, 11) is 1.61. The number of nitrogens with zero attached hydrogens (tertiary/aromatic N) is 3. The summed E-state index contributed by atoms with van der Waals surface area (Å²) in [6.45, 7) is 0.224. The summed E-state index contributed by atoms with van der Waals surface area (Å²) in [5.74, 6) is -0.575. The number of rotatable bonds is 3. The van der Waals surface area contributed by atoms with Crippen LogP contribution in [0.15, 0.2) is 6.33 Å². The number of likely N-dealkylation sites (N-methyl/N-ethyl adjacent to an activating group) is 1. The fraction of sp³-hybridized carbons (Fsp3) is 0.429. The quantitative estimate of drug-likeness (QED) is 0.738. The van der Waals surface area contributed by atoms with Gasteiger partial charge in [0.05, 0.1) is 6.61 Å². The van der Waals surface area contributed by atoms with E-state index in [4.69, 9.17) is 16.7 Å². The molecule has 1 aromatic rings. The maximum Gasteiger partial charge on any atom is 0.202 e. The molecule has 1 aromatic heterocycles. The zero-order chi connectivity index (χ0) is 9.84. The summed E-state index contributed by atoms with van der Waals surface area (Å²) < 4.78 is 13.2. The molecule has 6 heteroatoms. The Morgan fingerprint density at radius 3 is 2.92 bits per heavy atom. The van der Waals surface area contributed by atoms with Crippen LogP contribution in [0.25, 0.3) is 0 Å². The van der Waals surface area contributed by atoms with Crippen molar-refractivity contribution in [2.24, 2.45) is 0 Å². The van der Waals surface area contributed by atoms with Gasteiger partial charge < -0.3 is 10.0 Å². The Bertz CT molecular complexity index is 297. The maximum absolute atomic E-state index is 13.2. The molecule has 0 radical (unpaired) electrons. The van der Waals surface area contributed by atoms with Crippen molar-refractivity contribution in [2.75, 3.05) is 25.1 Å². The Kier molecular flexibility index (Phi) is 3.39. The molecule has 1 rings (SSSR count). The number of anilines is 1. The van der Waals surface area contributed by atoms with E-state index in [1.807, 2.05) is 0 Å². The van der Waals surface area contributed by atoms with E-state index in [2.05, 4.69) is 9.97 Å². The summed E-state index contributed by atoms with van der Waals surface area (Å²) in [6.07, 6.45) is 1.18. The lowest BCUT2D eigenvalue weighted by Gasteiger charge is -2.16. The third-order valence-corrected chi connectivity index (χ3v) is 1.79. The standard InChI is InChI=1S/C7H9ClFN3O/c1-12(2-3-13)7-5(9)6(8)10-4-11-7/h4,13H,2-3H2,1H3. The molecule has 0 aliphatic heterocycles. The SMILES string of the molecule is CN(CCO)c1ncnc(Cl)c1F. The van der Waals surface area contributed by atoms with Gasteiger partial charge in [-0.15, -0.1) is 0 Å². The van der Waals surface area contributed by atoms with Gasteiger partial charge in [0.15, 0.2) is 11.0 Å². The average molecular weight is 206 g/mol. The molecular formula is C7H9ClFN3O. The van der Waals surface area contributed by atoms with Crippen LogP contribution >= 0.6 is 11.6 Å². The Labute approximate surface area is 80.0 Å². The number of aromatic nitrogens is 2. The van der Waals surface area contributed by atoms with E-state index in [9.17, 15) is 4.39 Å². The first kappa shape index (κ1) is 10.1. The molecule has 0 aliphatic rings. The van der Waals surface area contributed by atoms with Crippen molar-refractivity contribution in [1.29, 1.82) is 0 Å². The van der Waals surface area contributed by atoms with Crippen molar-refractivity contribution in [2.45, 2.75) is 0 Å². The number of halogens is 2. The maximum atomic E-state index is 13.2. The van der Waals surface area contributed by atoms with Crippen LogP contribution in [0.5, 0.6) is 0 Å². The molecule has 72 valence electrons. The molecule has 0 aromatic carbocycles. The fourth-order valence-corrected chi connectivity index (χ4v) is 0.990. The molecule has 0 unspecified atom stereocenters. The van der Waals surface area contributed by atoms with Gasteiger partial charge >= 0.3 is 0 Å². The van der Waals surface area contributed by atoms with Crippen LogP contribution in [0.4, 0.5) is 10.2 Å². The van der Waals surface area contributed by atoms with Crippen molar-refractivity contribution in [1.82, 2.24) is 9.97 Å². The normalized spacial score (nSPS) is 10.2. The highest BCUT2D eigenvalue weighted by Gasteiger charge is 2.12. The van der Waals surface area contributed by atoms with E-state index in [-0.39, 0.29) is 17.6 Å². The van der Waals surface area contributed by atoms with Crippen molar-refractivity contribution < 1.29 is 9.50 Å². The van der Waals surface area contributed by atoms with E-state index in [0.717, 1.165) is 0 Å². The first-order chi connectivity index (χ1) is 6.16. The molecule has 0 fully saturated rings. The van der Waals surface area contributed by atoms with E-state index >= 15 is 0 Å². The third-order valence-electron chi connectivity index (χ3n) is 1.53. The lowest BCUT2D eigenvalue weighted by molar-refractivity contribution is 0.303. The molecule has 0 atom stereocenters. The number of aliphatic hydroxyl groups is 1. The van der Waals surface area contributed by atoms with E-state index in [0.29, 0.717) is 6.54 Å². The highest BCUT2D eigenvalue weighted by Crippen LogP contribution is 2.19. The lowest BCUT2D eigenvalue weighted by atomic mass is 10.5. The summed E-state index contributed by atoms with van der Waals surface area (Å²) in [5, 5.41) is 8.40.